The number of anilines is 2. The molecule has 20 nitrogen and oxygen atoms in total. The van der Waals surface area contributed by atoms with E-state index >= 15 is 0 Å². The minimum atomic E-state index is -1.83. The summed E-state index contributed by atoms with van der Waals surface area (Å²) in [6.45, 7) is -3.99. The van der Waals surface area contributed by atoms with Gasteiger partial charge in [-0.15, -0.1) is 0 Å². The van der Waals surface area contributed by atoms with Crippen LogP contribution in [0.25, 0.3) is 0 Å². The number of nitrogens with one attached hydrogen (secondary N) is 3. The number of carbonyl (C=O) groups excluding carboxylic acids is 6. The van der Waals surface area contributed by atoms with Crippen LogP contribution >= 0.6 is 136 Å². The zero-order valence-corrected chi connectivity index (χ0v) is 44.0. The summed E-state index contributed by atoms with van der Waals surface area (Å²) in [5.74, 6) is -4.81. The molecule has 6 amide bonds. The molecule has 0 saturated carbocycles. The van der Waals surface area contributed by atoms with Crippen molar-refractivity contribution in [3.8, 4) is 0 Å². The van der Waals surface area contributed by atoms with E-state index < -0.39 is 86.3 Å². The number of aliphatic hydroxyl groups is 8. The lowest BCUT2D eigenvalue weighted by Crippen LogP contribution is -2.40. The summed E-state index contributed by atoms with van der Waals surface area (Å²) in [6.07, 6.45) is -6.22. The molecule has 2 rings (SSSR count). The predicted molar refractivity (Wildman–Crippen MR) is 262 cm³/mol. The fraction of sp³-hybridized carbons (Fsp3) is 0.455. The Morgan fingerprint density at radius 1 is 0.508 bits per heavy atom. The molecule has 11 N–H and O–H groups in total. The molecule has 0 saturated heterocycles. The SMILES string of the molecule is CN(CC(O)CO)C(=O)c1c(I)c(NC(=O)C(O)CO)c(I)c(C(=O)NCCN(C)C(=O)c2c(I)c(NC(=O)C(O)CO)c(I)c(C(=O)N(C)CC(O)CO)c2I)c1I. The zero-order chi connectivity index (χ0) is 45.2. The van der Waals surface area contributed by atoms with Gasteiger partial charge in [0.1, 0.15) is 0 Å². The molecule has 4 atom stereocenters. The Bertz CT molecular complexity index is 1950. The molecule has 0 aliphatic carbocycles. The summed E-state index contributed by atoms with van der Waals surface area (Å²) in [5, 5.41) is 84.8. The first-order valence-corrected chi connectivity index (χ1v) is 23.2. The van der Waals surface area contributed by atoms with Crippen LogP contribution in [-0.2, 0) is 9.59 Å². The van der Waals surface area contributed by atoms with Gasteiger partial charge in [0, 0.05) is 54.5 Å². The van der Waals surface area contributed by atoms with Gasteiger partial charge in [-0.05, 0) is 136 Å². The first-order chi connectivity index (χ1) is 27.5. The van der Waals surface area contributed by atoms with Crippen LogP contribution in [-0.4, -0.2) is 189 Å². The van der Waals surface area contributed by atoms with Crippen molar-refractivity contribution >= 4 is 182 Å². The second-order valence-electron chi connectivity index (χ2n) is 12.5. The van der Waals surface area contributed by atoms with Gasteiger partial charge in [-0.1, -0.05) is 0 Å². The van der Waals surface area contributed by atoms with E-state index in [0.29, 0.717) is 0 Å². The van der Waals surface area contributed by atoms with Crippen molar-refractivity contribution in [3.63, 3.8) is 0 Å². The maximum absolute atomic E-state index is 14.1. The third-order valence-electron chi connectivity index (χ3n) is 8.11. The first kappa shape index (κ1) is 54.5. The smallest absolute Gasteiger partial charge is 0.255 e. The summed E-state index contributed by atoms with van der Waals surface area (Å²) < 4.78 is 0.974. The van der Waals surface area contributed by atoms with Crippen LogP contribution in [0.5, 0.6) is 0 Å². The Kier molecular flexibility index (Phi) is 23.1. The van der Waals surface area contributed by atoms with Gasteiger partial charge < -0.3 is 71.5 Å². The van der Waals surface area contributed by atoms with Crippen molar-refractivity contribution in [2.45, 2.75) is 24.4 Å². The molecular formula is C33H40I6N6O14. The molecule has 0 fully saturated rings. The van der Waals surface area contributed by atoms with E-state index in [4.69, 9.17) is 0 Å². The lowest BCUT2D eigenvalue weighted by Gasteiger charge is -2.26. The molecule has 0 aliphatic heterocycles. The Labute approximate surface area is 419 Å². The minimum Gasteiger partial charge on any atom is -0.394 e. The Morgan fingerprint density at radius 2 is 0.831 bits per heavy atom. The average Bonchev–Trinajstić information content (AvgIpc) is 3.19. The first-order valence-electron chi connectivity index (χ1n) is 16.7. The van der Waals surface area contributed by atoms with Gasteiger partial charge in [-0.3, -0.25) is 28.8 Å². The zero-order valence-electron chi connectivity index (χ0n) is 31.1. The third-order valence-corrected chi connectivity index (χ3v) is 14.6. The lowest BCUT2D eigenvalue weighted by atomic mass is 10.1. The number of carbonyl (C=O) groups is 6. The predicted octanol–water partition coefficient (Wildman–Crippen LogP) is -0.750. The molecule has 0 bridgehead atoms. The normalized spacial score (nSPS) is 13.2. The number of rotatable bonds is 19. The van der Waals surface area contributed by atoms with Crippen LogP contribution in [0.3, 0.4) is 0 Å². The van der Waals surface area contributed by atoms with Crippen molar-refractivity contribution in [2.24, 2.45) is 0 Å². The van der Waals surface area contributed by atoms with E-state index in [1.165, 1.54) is 26.0 Å². The molecule has 2 aromatic carbocycles. The Hall–Kier alpha value is -0.680. The minimum absolute atomic E-state index is 0.0206. The molecule has 59 heavy (non-hydrogen) atoms. The van der Waals surface area contributed by atoms with Crippen molar-refractivity contribution in [2.75, 3.05) is 84.4 Å². The van der Waals surface area contributed by atoms with Gasteiger partial charge in [0.25, 0.3) is 35.4 Å². The Balaban J connectivity index is 2.59. The van der Waals surface area contributed by atoms with Gasteiger partial charge >= 0.3 is 0 Å². The van der Waals surface area contributed by atoms with Crippen molar-refractivity contribution in [3.05, 3.63) is 43.7 Å². The maximum Gasteiger partial charge on any atom is 0.255 e. The Morgan fingerprint density at radius 3 is 1.17 bits per heavy atom. The summed E-state index contributed by atoms with van der Waals surface area (Å²) >= 11 is 10.7. The third kappa shape index (κ3) is 13.7. The highest BCUT2D eigenvalue weighted by atomic mass is 127. The quantitative estimate of drug-likeness (QED) is 0.0773. The molecule has 26 heteroatoms. The molecule has 328 valence electrons. The molecule has 0 aliphatic rings. The fourth-order valence-corrected chi connectivity index (χ4v) is 13.6. The van der Waals surface area contributed by atoms with Crippen LogP contribution in [0.1, 0.15) is 41.4 Å². The van der Waals surface area contributed by atoms with E-state index in [9.17, 15) is 69.6 Å². The monoisotopic (exact) mass is 1510 g/mol. The van der Waals surface area contributed by atoms with E-state index in [1.807, 2.05) is 0 Å². The van der Waals surface area contributed by atoms with Crippen LogP contribution in [0, 0.1) is 21.4 Å². The van der Waals surface area contributed by atoms with Gasteiger partial charge in [-0.2, -0.15) is 0 Å². The topological polar surface area (TPSA) is 310 Å². The molecule has 0 heterocycles. The van der Waals surface area contributed by atoms with Crippen molar-refractivity contribution < 1.29 is 69.6 Å². The number of amides is 6. The number of halogens is 6. The van der Waals surface area contributed by atoms with E-state index in [0.717, 1.165) is 9.80 Å². The molecule has 0 radical (unpaired) electrons. The lowest BCUT2D eigenvalue weighted by molar-refractivity contribution is -0.126. The number of likely N-dealkylation sites (N-methyl/N-ethyl adjacent to an activating group) is 3. The highest BCUT2D eigenvalue weighted by molar-refractivity contribution is 14.1. The second-order valence-corrected chi connectivity index (χ2v) is 19.0. The van der Waals surface area contributed by atoms with Gasteiger partial charge in [0.2, 0.25) is 0 Å². The van der Waals surface area contributed by atoms with Crippen LogP contribution in [0.4, 0.5) is 11.4 Å². The largest absolute Gasteiger partial charge is 0.394 e. The highest BCUT2D eigenvalue weighted by Crippen LogP contribution is 2.38. The van der Waals surface area contributed by atoms with Crippen LogP contribution in [0.15, 0.2) is 0 Å². The summed E-state index contributed by atoms with van der Waals surface area (Å²) in [7, 11) is 4.12. The summed E-state index contributed by atoms with van der Waals surface area (Å²) in [5.41, 5.74) is -0.256. The van der Waals surface area contributed by atoms with Crippen molar-refractivity contribution in [1.82, 2.24) is 20.0 Å². The molecule has 4 unspecified atom stereocenters. The number of hydrogen-bond donors (Lipinski definition) is 11. The van der Waals surface area contributed by atoms with E-state index in [2.05, 4.69) is 16.0 Å². The summed E-state index contributed by atoms with van der Waals surface area (Å²) in [4.78, 5) is 84.2. The fourth-order valence-electron chi connectivity index (χ4n) is 4.90. The maximum atomic E-state index is 14.1. The number of aliphatic hydroxyl groups excluding tert-OH is 8. The average molecular weight is 1510 g/mol. The van der Waals surface area contributed by atoms with Crippen LogP contribution < -0.4 is 16.0 Å². The molecular weight excluding hydrogens is 1470 g/mol. The highest BCUT2D eigenvalue weighted by Gasteiger charge is 2.34. The molecule has 0 aromatic heterocycles. The van der Waals surface area contributed by atoms with Crippen molar-refractivity contribution in [1.29, 1.82) is 0 Å². The summed E-state index contributed by atoms with van der Waals surface area (Å²) in [6, 6.07) is 0. The number of hydrogen-bond acceptors (Lipinski definition) is 14. The van der Waals surface area contributed by atoms with Gasteiger partial charge in [0.05, 0.1) is 86.5 Å². The van der Waals surface area contributed by atoms with Gasteiger partial charge in [0.15, 0.2) is 12.2 Å². The van der Waals surface area contributed by atoms with E-state index in [1.54, 1.807) is 136 Å². The van der Waals surface area contributed by atoms with E-state index in [-0.39, 0.29) is 81.2 Å². The molecule has 2 aromatic rings. The second kappa shape index (κ2) is 25.0. The van der Waals surface area contributed by atoms with Gasteiger partial charge in [-0.25, -0.2) is 0 Å². The molecule has 0 spiro atoms. The standard InChI is InChI=1S/C33H40I6N6O14/c1-43(31(57)18-21(35)19(33(59)45(3)7-13(51)9-47)25(39)27(24(18)38)42-29(55)15(53)11-49)5-4-40-30(56)16-20(34)17(32(58)44(2)6-12(50)8-46)23(37)26(22(16)36)41-28(54)14(52)10-48/h12-15,46-53H,4-11H2,1-3H3,(H,40,56)(H,41,54)(H,42,55). The van der Waals surface area contributed by atoms with Crippen LogP contribution in [0.2, 0.25) is 0 Å². The number of nitrogens with zero attached hydrogens (tertiary/aromatic N) is 3. The number of benzene rings is 2.